The molecule has 0 saturated carbocycles. The number of aromatic hydroxyl groups is 1. The Bertz CT molecular complexity index is 602. The van der Waals surface area contributed by atoms with E-state index >= 15 is 0 Å². The summed E-state index contributed by atoms with van der Waals surface area (Å²) >= 11 is 5.28. The number of phenols is 1. The van der Waals surface area contributed by atoms with Crippen LogP contribution in [0.1, 0.15) is 10.4 Å². The summed E-state index contributed by atoms with van der Waals surface area (Å²) in [5.41, 5.74) is 0.469. The molecule has 2 rings (SSSR count). The molecule has 0 aliphatic heterocycles. The summed E-state index contributed by atoms with van der Waals surface area (Å²) in [6.45, 7) is 0. The second-order valence-electron chi connectivity index (χ2n) is 2.99. The third-order valence-electron chi connectivity index (χ3n) is 1.96. The number of hydrogen-bond donors (Lipinski definition) is 1. The highest BCUT2D eigenvalue weighted by atomic mass is 36.0. The number of carbonyl (C=O) groups is 1. The summed E-state index contributed by atoms with van der Waals surface area (Å²) in [5.74, 6) is -0.164. The first-order chi connectivity index (χ1) is 8.43. The summed E-state index contributed by atoms with van der Waals surface area (Å²) in [6, 6.07) is 6.72. The van der Waals surface area contributed by atoms with Gasteiger partial charge >= 0.3 is 0 Å². The van der Waals surface area contributed by atoms with Gasteiger partial charge in [-0.15, -0.1) is 0 Å². The number of halogens is 3. The van der Waals surface area contributed by atoms with E-state index in [2.05, 4.69) is 26.3 Å². The molecule has 0 spiro atoms. The summed E-state index contributed by atoms with van der Waals surface area (Å²) in [6.07, 6.45) is 1.55. The Hall–Kier alpha value is -0.880. The number of benzene rings is 1. The van der Waals surface area contributed by atoms with Crippen molar-refractivity contribution in [3.63, 3.8) is 0 Å². The van der Waals surface area contributed by atoms with E-state index in [9.17, 15) is 9.90 Å². The van der Waals surface area contributed by atoms with Crippen LogP contribution in [0.3, 0.4) is 0 Å². The number of phenolic OH excluding ortho intramolecular Hbond substituents is 1. The number of hydrogen-bond acceptors (Lipinski definition) is 4. The predicted octanol–water partition coefficient (Wildman–Crippen LogP) is 3.36. The Morgan fingerprint density at radius 3 is 2.44 bits per heavy atom. The lowest BCUT2D eigenvalue weighted by atomic mass is 10.1. The summed E-state index contributed by atoms with van der Waals surface area (Å²) in [7, 11) is 7.36. The van der Waals surface area contributed by atoms with Crippen LogP contribution in [0.2, 0.25) is 0 Å². The molecule has 0 fully saturated rings. The molecule has 0 radical (unpaired) electrons. The zero-order valence-corrected chi connectivity index (χ0v) is 11.7. The van der Waals surface area contributed by atoms with Crippen LogP contribution in [0, 0.1) is 0 Å². The van der Waals surface area contributed by atoms with Crippen LogP contribution in [0.4, 0.5) is 0 Å². The molecule has 0 aliphatic rings. The molecule has 0 unspecified atom stereocenters. The van der Waals surface area contributed by atoms with E-state index in [-0.39, 0.29) is 11.3 Å². The van der Waals surface area contributed by atoms with Crippen LogP contribution in [0.5, 0.6) is 5.75 Å². The Labute approximate surface area is 119 Å². The van der Waals surface area contributed by atoms with Crippen molar-refractivity contribution in [2.75, 3.05) is 0 Å². The van der Waals surface area contributed by atoms with Crippen molar-refractivity contribution in [1.82, 2.24) is 4.98 Å². The summed E-state index contributed by atoms with van der Waals surface area (Å²) in [5, 5.41) is 9.74. The number of carbonyl (C=O) groups excluding carboxylic acids is 1. The van der Waals surface area contributed by atoms with E-state index < -0.39 is 14.5 Å². The quantitative estimate of drug-likeness (QED) is 0.816. The normalized spacial score (nSPS) is 10.0. The van der Waals surface area contributed by atoms with Crippen molar-refractivity contribution in [3.05, 3.63) is 36.0 Å². The van der Waals surface area contributed by atoms with Crippen molar-refractivity contribution in [3.8, 4) is 5.75 Å². The predicted molar refractivity (Wildman–Crippen MR) is 73.4 cm³/mol. The molecule has 0 amide bonds. The Morgan fingerprint density at radius 2 is 1.89 bits per heavy atom. The van der Waals surface area contributed by atoms with Crippen LogP contribution in [-0.2, 0) is 9.23 Å². The van der Waals surface area contributed by atoms with Gasteiger partial charge in [0.05, 0.1) is 5.56 Å². The minimum Gasteiger partial charge on any atom is -0.505 e. The fourth-order valence-electron chi connectivity index (χ4n) is 1.29. The zero-order chi connectivity index (χ0) is 13.7. The van der Waals surface area contributed by atoms with Gasteiger partial charge in [-0.1, -0.05) is 12.1 Å². The van der Waals surface area contributed by atoms with E-state index in [0.717, 1.165) is 5.39 Å². The summed E-state index contributed by atoms with van der Waals surface area (Å²) in [4.78, 5) is 14.9. The fraction of sp³-hybridized carbons (Fsp3) is 0. The Morgan fingerprint density at radius 1 is 1.28 bits per heavy atom. The second-order valence-corrected chi connectivity index (χ2v) is 5.86. The van der Waals surface area contributed by atoms with Gasteiger partial charge in [0.15, 0.2) is 5.75 Å². The smallest absolute Gasteiger partial charge is 0.256 e. The lowest BCUT2D eigenvalue weighted by Gasteiger charge is -2.02. The van der Waals surface area contributed by atoms with Gasteiger partial charge < -0.3 is 5.11 Å². The van der Waals surface area contributed by atoms with Gasteiger partial charge in [-0.05, 0) is 23.7 Å². The highest BCUT2D eigenvalue weighted by Gasteiger charge is 2.11. The minimum absolute atomic E-state index is 0.0814. The molecule has 0 bridgehead atoms. The lowest BCUT2D eigenvalue weighted by Crippen LogP contribution is -1.91. The molecule has 4 nitrogen and oxygen atoms in total. The molecule has 18 heavy (non-hydrogen) atoms. The van der Waals surface area contributed by atoms with E-state index in [1.807, 2.05) is 0 Å². The van der Waals surface area contributed by atoms with Gasteiger partial charge in [-0.25, -0.2) is 4.21 Å². The third kappa shape index (κ3) is 4.10. The van der Waals surface area contributed by atoms with E-state index in [4.69, 9.17) is 15.8 Å². The number of nitrogens with zero attached hydrogens (tertiary/aromatic N) is 1. The van der Waals surface area contributed by atoms with Crippen LogP contribution < -0.4 is 0 Å². The number of rotatable bonds is 1. The van der Waals surface area contributed by atoms with Crippen LogP contribution >= 0.6 is 33.0 Å². The largest absolute Gasteiger partial charge is 0.505 e. The molecular formula is C10H6Cl3NO3S. The lowest BCUT2D eigenvalue weighted by molar-refractivity contribution is 0.107. The maximum Gasteiger partial charge on any atom is 0.256 e. The molecule has 2 aromatic rings. The first kappa shape index (κ1) is 15.2. The molecule has 0 atom stereocenters. The minimum atomic E-state index is -1.67. The third-order valence-corrected chi connectivity index (χ3v) is 2.16. The van der Waals surface area contributed by atoms with Gasteiger partial charge in [0.25, 0.3) is 5.24 Å². The van der Waals surface area contributed by atoms with Crippen molar-refractivity contribution in [1.29, 1.82) is 0 Å². The van der Waals surface area contributed by atoms with Gasteiger partial charge in [0.2, 0.25) is 9.23 Å². The second kappa shape index (κ2) is 6.89. The highest BCUT2D eigenvalue weighted by molar-refractivity contribution is 8.26. The van der Waals surface area contributed by atoms with Gasteiger partial charge in [0.1, 0.15) is 5.52 Å². The van der Waals surface area contributed by atoms with Gasteiger partial charge in [-0.3, -0.25) is 9.78 Å². The van der Waals surface area contributed by atoms with E-state index in [1.54, 1.807) is 24.4 Å². The molecule has 96 valence electrons. The number of fused-ring (bicyclic) bond motifs is 1. The van der Waals surface area contributed by atoms with E-state index in [0.29, 0.717) is 5.52 Å². The maximum atomic E-state index is 10.9. The maximum absolute atomic E-state index is 10.9. The molecule has 1 aromatic heterocycles. The van der Waals surface area contributed by atoms with Crippen molar-refractivity contribution in [2.24, 2.45) is 0 Å². The molecule has 1 N–H and O–H groups in total. The molecule has 0 saturated heterocycles. The summed E-state index contributed by atoms with van der Waals surface area (Å²) < 4.78 is 9.09. The van der Waals surface area contributed by atoms with Crippen LogP contribution in [0.25, 0.3) is 10.9 Å². The van der Waals surface area contributed by atoms with Gasteiger partial charge in [-0.2, -0.15) is 0 Å². The van der Waals surface area contributed by atoms with Crippen LogP contribution in [0.15, 0.2) is 30.5 Å². The average Bonchev–Trinajstić information content (AvgIpc) is 2.28. The van der Waals surface area contributed by atoms with Crippen molar-refractivity contribution in [2.45, 2.75) is 0 Å². The topological polar surface area (TPSA) is 67.3 Å². The molecule has 8 heteroatoms. The highest BCUT2D eigenvalue weighted by Crippen LogP contribution is 2.27. The Kier molecular flexibility index (Phi) is 5.81. The van der Waals surface area contributed by atoms with Crippen LogP contribution in [-0.4, -0.2) is 19.5 Å². The first-order valence-electron chi connectivity index (χ1n) is 4.44. The van der Waals surface area contributed by atoms with Gasteiger partial charge in [0, 0.05) is 32.9 Å². The number of aromatic nitrogens is 1. The monoisotopic (exact) mass is 325 g/mol. The fourth-order valence-corrected chi connectivity index (χ4v) is 1.44. The average molecular weight is 327 g/mol. The van der Waals surface area contributed by atoms with Crippen molar-refractivity contribution < 1.29 is 14.1 Å². The zero-order valence-electron chi connectivity index (χ0n) is 8.64. The number of pyridine rings is 1. The van der Waals surface area contributed by atoms with E-state index in [1.165, 1.54) is 6.07 Å². The molecule has 1 heterocycles. The SMILES string of the molecule is O=C(Cl)c1ccc2cccnc2c1O.O=S(Cl)Cl. The standard InChI is InChI=1S/C10H6ClNO2.Cl2OS/c11-10(14)7-4-3-6-2-1-5-12-8(6)9(7)13;1-4(2)3/h1-5,13H;. The molecule has 1 aromatic carbocycles. The molecule has 0 aliphatic carbocycles. The first-order valence-corrected chi connectivity index (χ1v) is 7.62. The Balaban J connectivity index is 0.000000357. The van der Waals surface area contributed by atoms with Crippen molar-refractivity contribution >= 4 is 58.3 Å². The molecular weight excluding hydrogens is 321 g/mol.